The van der Waals surface area contributed by atoms with E-state index in [0.29, 0.717) is 6.04 Å². The van der Waals surface area contributed by atoms with Gasteiger partial charge in [0.1, 0.15) is 0 Å². The molecule has 5 heteroatoms. The van der Waals surface area contributed by atoms with Crippen molar-refractivity contribution >= 4 is 27.9 Å². The van der Waals surface area contributed by atoms with Gasteiger partial charge in [0.2, 0.25) is 0 Å². The molecule has 1 atom stereocenters. The Morgan fingerprint density at radius 3 is 3.19 bits per heavy atom. The Labute approximate surface area is 106 Å². The molecule has 1 aromatic rings. The lowest BCUT2D eigenvalue weighted by molar-refractivity contribution is 0.234. The summed E-state index contributed by atoms with van der Waals surface area (Å²) in [6, 6.07) is 4.58. The number of anilines is 1. The molecule has 1 fully saturated rings. The number of piperazine rings is 1. The number of nitrogens with one attached hydrogen (secondary N) is 2. The van der Waals surface area contributed by atoms with Crippen molar-refractivity contribution in [2.45, 2.75) is 12.5 Å². The van der Waals surface area contributed by atoms with Crippen molar-refractivity contribution in [3.8, 4) is 0 Å². The molecule has 1 unspecified atom stereocenters. The van der Waals surface area contributed by atoms with Crippen LogP contribution in [0.2, 0.25) is 4.34 Å². The van der Waals surface area contributed by atoms with E-state index in [0.717, 1.165) is 41.9 Å². The summed E-state index contributed by atoms with van der Waals surface area (Å²) in [5.41, 5.74) is 0. The molecule has 90 valence electrons. The number of halogens is 1. The number of hydrogen-bond acceptors (Lipinski definition) is 4. The minimum Gasteiger partial charge on any atom is -0.377 e. The van der Waals surface area contributed by atoms with Crippen LogP contribution in [-0.2, 0) is 0 Å². The molecular formula is C11H18ClN3S. The molecule has 2 rings (SSSR count). The second-order valence-corrected chi connectivity index (χ2v) is 5.95. The van der Waals surface area contributed by atoms with Gasteiger partial charge in [0.25, 0.3) is 0 Å². The van der Waals surface area contributed by atoms with Crippen LogP contribution in [0.15, 0.2) is 12.1 Å². The number of thiophene rings is 1. The van der Waals surface area contributed by atoms with E-state index in [2.05, 4.69) is 22.6 Å². The predicted molar refractivity (Wildman–Crippen MR) is 71.7 cm³/mol. The van der Waals surface area contributed by atoms with Crippen LogP contribution in [0.3, 0.4) is 0 Å². The van der Waals surface area contributed by atoms with Crippen molar-refractivity contribution in [1.29, 1.82) is 0 Å². The molecule has 3 nitrogen and oxygen atoms in total. The maximum Gasteiger partial charge on any atom is 0.0950 e. The van der Waals surface area contributed by atoms with Gasteiger partial charge in [-0.05, 0) is 25.6 Å². The van der Waals surface area contributed by atoms with E-state index in [1.165, 1.54) is 0 Å². The van der Waals surface area contributed by atoms with Gasteiger partial charge in [0.15, 0.2) is 0 Å². The minimum atomic E-state index is 0.613. The lowest BCUT2D eigenvalue weighted by atomic mass is 10.1. The lowest BCUT2D eigenvalue weighted by Gasteiger charge is -2.30. The Bertz CT molecular complexity index is 329. The van der Waals surface area contributed by atoms with Gasteiger partial charge in [0, 0.05) is 32.2 Å². The molecule has 1 saturated heterocycles. The number of rotatable bonds is 4. The van der Waals surface area contributed by atoms with Crippen LogP contribution >= 0.6 is 22.9 Å². The number of likely N-dealkylation sites (N-methyl/N-ethyl adjacent to an activating group) is 1. The Kier molecular flexibility index (Phi) is 4.46. The molecule has 0 spiro atoms. The van der Waals surface area contributed by atoms with Gasteiger partial charge >= 0.3 is 0 Å². The fraction of sp³-hybridized carbons (Fsp3) is 0.636. The molecule has 0 aromatic carbocycles. The second-order valence-electron chi connectivity index (χ2n) is 4.23. The van der Waals surface area contributed by atoms with Gasteiger partial charge in [-0.15, -0.1) is 11.3 Å². The first-order valence-corrected chi connectivity index (χ1v) is 6.84. The Hall–Kier alpha value is -0.290. The summed E-state index contributed by atoms with van der Waals surface area (Å²) in [6.07, 6.45) is 1.15. The van der Waals surface area contributed by atoms with Crippen molar-refractivity contribution in [2.24, 2.45) is 0 Å². The summed E-state index contributed by atoms with van der Waals surface area (Å²) < 4.78 is 0.845. The van der Waals surface area contributed by atoms with E-state index in [4.69, 9.17) is 11.6 Å². The van der Waals surface area contributed by atoms with Crippen molar-refractivity contribution in [3.63, 3.8) is 0 Å². The van der Waals surface area contributed by atoms with Crippen LogP contribution in [0.25, 0.3) is 0 Å². The largest absolute Gasteiger partial charge is 0.377 e. The summed E-state index contributed by atoms with van der Waals surface area (Å²) in [5, 5.41) is 8.10. The third kappa shape index (κ3) is 3.63. The highest BCUT2D eigenvalue weighted by molar-refractivity contribution is 7.19. The van der Waals surface area contributed by atoms with Crippen LogP contribution in [0.5, 0.6) is 0 Å². The summed E-state index contributed by atoms with van der Waals surface area (Å²) >= 11 is 7.47. The lowest BCUT2D eigenvalue weighted by Crippen LogP contribution is -2.49. The molecule has 0 bridgehead atoms. The fourth-order valence-corrected chi connectivity index (χ4v) is 2.93. The average Bonchev–Trinajstić information content (AvgIpc) is 2.64. The molecule has 1 aliphatic heterocycles. The molecule has 1 aliphatic rings. The maximum absolute atomic E-state index is 5.87. The molecule has 0 saturated carbocycles. The SMILES string of the molecule is CN1CCNC(CCNc2ccc(Cl)s2)C1. The van der Waals surface area contributed by atoms with Gasteiger partial charge < -0.3 is 15.5 Å². The van der Waals surface area contributed by atoms with Crippen molar-refractivity contribution in [3.05, 3.63) is 16.5 Å². The Morgan fingerprint density at radius 1 is 1.62 bits per heavy atom. The van der Waals surface area contributed by atoms with Gasteiger partial charge in [-0.25, -0.2) is 0 Å². The van der Waals surface area contributed by atoms with Crippen LogP contribution in [0.1, 0.15) is 6.42 Å². The first kappa shape index (κ1) is 12.2. The monoisotopic (exact) mass is 259 g/mol. The fourth-order valence-electron chi connectivity index (χ4n) is 1.96. The van der Waals surface area contributed by atoms with Crippen molar-refractivity contribution < 1.29 is 0 Å². The molecule has 2 heterocycles. The zero-order valence-corrected chi connectivity index (χ0v) is 11.1. The van der Waals surface area contributed by atoms with Crippen molar-refractivity contribution in [1.82, 2.24) is 10.2 Å². The maximum atomic E-state index is 5.87. The first-order chi connectivity index (χ1) is 7.74. The van der Waals surface area contributed by atoms with Crippen LogP contribution < -0.4 is 10.6 Å². The summed E-state index contributed by atoms with van der Waals surface area (Å²) in [5.74, 6) is 0. The Morgan fingerprint density at radius 2 is 2.50 bits per heavy atom. The van der Waals surface area contributed by atoms with E-state index in [1.807, 2.05) is 12.1 Å². The third-order valence-corrected chi connectivity index (χ3v) is 4.01. The van der Waals surface area contributed by atoms with E-state index < -0.39 is 0 Å². The topological polar surface area (TPSA) is 27.3 Å². The molecule has 0 aliphatic carbocycles. The van der Waals surface area contributed by atoms with E-state index in [9.17, 15) is 0 Å². The summed E-state index contributed by atoms with van der Waals surface area (Å²) in [6.45, 7) is 4.41. The zero-order chi connectivity index (χ0) is 11.4. The standard InChI is InChI=1S/C11H18ClN3S/c1-15-7-6-13-9(8-15)4-5-14-11-3-2-10(12)16-11/h2-3,9,13-14H,4-8H2,1H3. The highest BCUT2D eigenvalue weighted by atomic mass is 35.5. The second kappa shape index (κ2) is 5.87. The summed E-state index contributed by atoms with van der Waals surface area (Å²) in [7, 11) is 2.18. The first-order valence-electron chi connectivity index (χ1n) is 5.65. The van der Waals surface area contributed by atoms with Gasteiger partial charge in [-0.1, -0.05) is 11.6 Å². The summed E-state index contributed by atoms with van der Waals surface area (Å²) in [4.78, 5) is 2.38. The average molecular weight is 260 g/mol. The van der Waals surface area contributed by atoms with E-state index in [1.54, 1.807) is 11.3 Å². The third-order valence-electron chi connectivity index (χ3n) is 2.82. The van der Waals surface area contributed by atoms with Gasteiger partial charge in [0.05, 0.1) is 9.34 Å². The van der Waals surface area contributed by atoms with E-state index in [-0.39, 0.29) is 0 Å². The molecular weight excluding hydrogens is 242 g/mol. The van der Waals surface area contributed by atoms with Crippen LogP contribution in [-0.4, -0.2) is 44.2 Å². The molecule has 0 radical (unpaired) electrons. The minimum absolute atomic E-state index is 0.613. The van der Waals surface area contributed by atoms with Gasteiger partial charge in [-0.2, -0.15) is 0 Å². The molecule has 16 heavy (non-hydrogen) atoms. The Balaban J connectivity index is 1.67. The molecule has 0 amide bonds. The van der Waals surface area contributed by atoms with E-state index >= 15 is 0 Å². The van der Waals surface area contributed by atoms with Crippen molar-refractivity contribution in [2.75, 3.05) is 38.5 Å². The zero-order valence-electron chi connectivity index (χ0n) is 9.50. The molecule has 1 aromatic heterocycles. The normalized spacial score (nSPS) is 22.2. The van der Waals surface area contributed by atoms with Crippen LogP contribution in [0, 0.1) is 0 Å². The van der Waals surface area contributed by atoms with Crippen LogP contribution in [0.4, 0.5) is 5.00 Å². The smallest absolute Gasteiger partial charge is 0.0950 e. The quantitative estimate of drug-likeness (QED) is 0.867. The number of nitrogens with zero attached hydrogens (tertiary/aromatic N) is 1. The van der Waals surface area contributed by atoms with Gasteiger partial charge in [-0.3, -0.25) is 0 Å². The number of hydrogen-bond donors (Lipinski definition) is 2. The highest BCUT2D eigenvalue weighted by Crippen LogP contribution is 2.25. The highest BCUT2D eigenvalue weighted by Gasteiger charge is 2.15. The predicted octanol–water partition coefficient (Wildman–Crippen LogP) is 2.11. The molecule has 2 N–H and O–H groups in total.